The summed E-state index contributed by atoms with van der Waals surface area (Å²) in [6, 6.07) is 19.3. The zero-order valence-electron chi connectivity index (χ0n) is 25.3. The summed E-state index contributed by atoms with van der Waals surface area (Å²) in [6.45, 7) is 10.3. The molecular weight excluding hydrogens is 570 g/mol. The Balaban J connectivity index is 0.000000388. The van der Waals surface area contributed by atoms with E-state index >= 15 is 0 Å². The SMILES string of the molecule is CCOc1ccc(Cc2nccc3cc(OCC)c(OCC)cc23)cc1OCC.COc1ccccc1C=CC(=O)O.Cl. The number of rotatable bonds is 13. The van der Waals surface area contributed by atoms with Crippen LogP contribution in [0.1, 0.15) is 44.5 Å². The van der Waals surface area contributed by atoms with Crippen molar-refractivity contribution >= 4 is 35.2 Å². The van der Waals surface area contributed by atoms with Gasteiger partial charge in [0.15, 0.2) is 23.0 Å². The molecule has 0 bridgehead atoms. The highest BCUT2D eigenvalue weighted by Gasteiger charge is 2.13. The molecule has 43 heavy (non-hydrogen) atoms. The van der Waals surface area contributed by atoms with Gasteiger partial charge in [0.1, 0.15) is 5.75 Å². The van der Waals surface area contributed by atoms with Gasteiger partial charge in [-0.2, -0.15) is 0 Å². The lowest BCUT2D eigenvalue weighted by Gasteiger charge is -2.15. The minimum Gasteiger partial charge on any atom is -0.496 e. The molecule has 3 aromatic carbocycles. The quantitative estimate of drug-likeness (QED) is 0.155. The fourth-order valence-corrected chi connectivity index (χ4v) is 4.28. The highest BCUT2D eigenvalue weighted by molar-refractivity contribution is 5.88. The third-order valence-corrected chi connectivity index (χ3v) is 6.03. The lowest BCUT2D eigenvalue weighted by molar-refractivity contribution is -0.131. The first-order chi connectivity index (χ1) is 20.4. The molecule has 1 N–H and O–H groups in total. The lowest BCUT2D eigenvalue weighted by atomic mass is 10.0. The smallest absolute Gasteiger partial charge is 0.328 e. The number of para-hydroxylation sites is 1. The van der Waals surface area contributed by atoms with Gasteiger partial charge < -0.3 is 28.8 Å². The van der Waals surface area contributed by atoms with Gasteiger partial charge >= 0.3 is 5.97 Å². The van der Waals surface area contributed by atoms with Crippen molar-refractivity contribution in [3.63, 3.8) is 0 Å². The number of methoxy groups -OCH3 is 1. The summed E-state index contributed by atoms with van der Waals surface area (Å²) < 4.78 is 28.0. The zero-order valence-corrected chi connectivity index (χ0v) is 26.1. The number of fused-ring (bicyclic) bond motifs is 1. The highest BCUT2D eigenvalue weighted by atomic mass is 35.5. The monoisotopic (exact) mass is 609 g/mol. The molecule has 0 aliphatic carbocycles. The maximum atomic E-state index is 10.2. The Morgan fingerprint density at radius 2 is 1.37 bits per heavy atom. The van der Waals surface area contributed by atoms with Gasteiger partial charge in [-0.05, 0) is 81.1 Å². The normalized spacial score (nSPS) is 10.3. The lowest BCUT2D eigenvalue weighted by Crippen LogP contribution is -2.01. The Bertz CT molecular complexity index is 1490. The molecular formula is C34H40ClNO7. The van der Waals surface area contributed by atoms with Gasteiger partial charge in [0.05, 0.1) is 39.2 Å². The van der Waals surface area contributed by atoms with Gasteiger partial charge in [0, 0.05) is 29.6 Å². The summed E-state index contributed by atoms with van der Waals surface area (Å²) in [4.78, 5) is 14.9. The van der Waals surface area contributed by atoms with Crippen molar-refractivity contribution in [2.75, 3.05) is 33.5 Å². The van der Waals surface area contributed by atoms with Crippen molar-refractivity contribution in [3.05, 3.63) is 89.8 Å². The molecule has 230 valence electrons. The molecule has 0 fully saturated rings. The zero-order chi connectivity index (χ0) is 30.3. The van der Waals surface area contributed by atoms with E-state index in [1.54, 1.807) is 19.2 Å². The topological polar surface area (TPSA) is 96.3 Å². The molecule has 0 aliphatic rings. The van der Waals surface area contributed by atoms with Gasteiger partial charge in [0.25, 0.3) is 0 Å². The van der Waals surface area contributed by atoms with Crippen LogP contribution in [0, 0.1) is 0 Å². The fraction of sp³-hybridized carbons (Fsp3) is 0.294. The molecule has 1 aromatic heterocycles. The number of pyridine rings is 1. The first kappa shape index (κ1) is 34.8. The first-order valence-electron chi connectivity index (χ1n) is 14.0. The van der Waals surface area contributed by atoms with Crippen molar-refractivity contribution in [3.8, 4) is 28.7 Å². The second-order valence-corrected chi connectivity index (χ2v) is 8.88. The Morgan fingerprint density at radius 1 is 0.767 bits per heavy atom. The molecule has 0 aliphatic heterocycles. The van der Waals surface area contributed by atoms with Crippen molar-refractivity contribution in [1.82, 2.24) is 4.98 Å². The van der Waals surface area contributed by atoms with Gasteiger partial charge in [-0.15, -0.1) is 12.4 Å². The van der Waals surface area contributed by atoms with Gasteiger partial charge in [-0.25, -0.2) is 4.79 Å². The van der Waals surface area contributed by atoms with E-state index in [1.165, 1.54) is 6.08 Å². The molecule has 0 unspecified atom stereocenters. The van der Waals surface area contributed by atoms with E-state index in [0.29, 0.717) is 38.6 Å². The van der Waals surface area contributed by atoms with Crippen LogP contribution < -0.4 is 23.7 Å². The molecule has 9 heteroatoms. The fourth-order valence-electron chi connectivity index (χ4n) is 4.28. The van der Waals surface area contributed by atoms with Crippen molar-refractivity contribution < 1.29 is 33.6 Å². The molecule has 4 aromatic rings. The second-order valence-electron chi connectivity index (χ2n) is 8.88. The summed E-state index contributed by atoms with van der Waals surface area (Å²) in [5, 5.41) is 10.6. The predicted octanol–water partition coefficient (Wildman–Crippen LogP) is 7.64. The van der Waals surface area contributed by atoms with Crippen LogP contribution in [0.5, 0.6) is 28.7 Å². The van der Waals surface area contributed by atoms with E-state index in [2.05, 4.69) is 11.1 Å². The molecule has 0 saturated carbocycles. The van der Waals surface area contributed by atoms with Crippen LogP contribution in [0.2, 0.25) is 0 Å². The molecule has 0 radical (unpaired) electrons. The Kier molecular flexibility index (Phi) is 14.7. The second kappa shape index (κ2) is 18.2. The summed E-state index contributed by atoms with van der Waals surface area (Å²) in [7, 11) is 1.55. The maximum absolute atomic E-state index is 10.2. The van der Waals surface area contributed by atoms with Crippen LogP contribution in [0.4, 0.5) is 0 Å². The van der Waals surface area contributed by atoms with Crippen LogP contribution in [0.3, 0.4) is 0 Å². The molecule has 0 saturated heterocycles. The number of aliphatic carboxylic acids is 1. The number of hydrogen-bond acceptors (Lipinski definition) is 7. The minimum absolute atomic E-state index is 0. The Hall–Kier alpha value is -4.43. The van der Waals surface area contributed by atoms with Crippen molar-refractivity contribution in [2.45, 2.75) is 34.1 Å². The number of carboxylic acids is 1. The van der Waals surface area contributed by atoms with E-state index in [4.69, 9.17) is 28.8 Å². The average Bonchev–Trinajstić information content (AvgIpc) is 2.99. The van der Waals surface area contributed by atoms with E-state index < -0.39 is 5.97 Å². The average molecular weight is 610 g/mol. The van der Waals surface area contributed by atoms with Gasteiger partial charge in [0.2, 0.25) is 0 Å². The molecule has 0 atom stereocenters. The van der Waals surface area contributed by atoms with Crippen LogP contribution in [-0.2, 0) is 11.2 Å². The molecule has 8 nitrogen and oxygen atoms in total. The number of halogens is 1. The van der Waals surface area contributed by atoms with E-state index in [0.717, 1.165) is 56.7 Å². The highest BCUT2D eigenvalue weighted by Crippen LogP contribution is 2.35. The van der Waals surface area contributed by atoms with Crippen LogP contribution in [0.25, 0.3) is 16.8 Å². The van der Waals surface area contributed by atoms with Crippen molar-refractivity contribution in [1.29, 1.82) is 0 Å². The number of benzene rings is 3. The standard InChI is InChI=1S/C24H29NO4.C10H10O3.ClH/c1-5-26-21-10-9-17(14-22(21)27-6-2)13-20-19-16-24(29-8-4)23(28-7-3)15-18(19)11-12-25-20;1-13-9-5-3-2-4-8(9)6-7-10(11)12;/h9-12,14-16H,5-8,13H2,1-4H3;2-7H,1H3,(H,11,12);1H. The number of carboxylic acid groups (broad SMARTS) is 1. The van der Waals surface area contributed by atoms with Gasteiger partial charge in [-0.3, -0.25) is 4.98 Å². The predicted molar refractivity (Wildman–Crippen MR) is 173 cm³/mol. The third kappa shape index (κ3) is 10.1. The third-order valence-electron chi connectivity index (χ3n) is 6.03. The number of aromatic nitrogens is 1. The van der Waals surface area contributed by atoms with E-state index in [-0.39, 0.29) is 12.4 Å². The van der Waals surface area contributed by atoms with Crippen LogP contribution >= 0.6 is 12.4 Å². The number of nitrogens with zero attached hydrogens (tertiary/aromatic N) is 1. The Morgan fingerprint density at radius 3 is 2.00 bits per heavy atom. The molecule has 4 rings (SSSR count). The Labute approximate surface area is 259 Å². The number of hydrogen-bond donors (Lipinski definition) is 1. The first-order valence-corrected chi connectivity index (χ1v) is 14.0. The number of ether oxygens (including phenoxy) is 5. The minimum atomic E-state index is -0.967. The van der Waals surface area contributed by atoms with Crippen LogP contribution in [0.15, 0.2) is 72.9 Å². The maximum Gasteiger partial charge on any atom is 0.328 e. The largest absolute Gasteiger partial charge is 0.496 e. The summed E-state index contributed by atoms with van der Waals surface area (Å²) in [5.41, 5.74) is 2.86. The summed E-state index contributed by atoms with van der Waals surface area (Å²) in [5.74, 6) is 2.74. The van der Waals surface area contributed by atoms with E-state index in [1.807, 2.05) is 76.4 Å². The van der Waals surface area contributed by atoms with Crippen molar-refractivity contribution in [2.24, 2.45) is 0 Å². The molecule has 0 amide bonds. The van der Waals surface area contributed by atoms with E-state index in [9.17, 15) is 4.79 Å². The molecule has 0 spiro atoms. The summed E-state index contributed by atoms with van der Waals surface area (Å²) >= 11 is 0. The molecule has 1 heterocycles. The summed E-state index contributed by atoms with van der Waals surface area (Å²) in [6.07, 6.45) is 5.11. The number of carbonyl (C=O) groups is 1. The van der Waals surface area contributed by atoms with Crippen LogP contribution in [-0.4, -0.2) is 49.6 Å². The van der Waals surface area contributed by atoms with Gasteiger partial charge in [-0.1, -0.05) is 24.3 Å².